The topological polar surface area (TPSA) is 67.2 Å². The van der Waals surface area contributed by atoms with Crippen molar-refractivity contribution < 1.29 is 9.90 Å². The number of hydrogen-bond acceptors (Lipinski definition) is 3. The Hall–Kier alpha value is -1.36. The van der Waals surface area contributed by atoms with Gasteiger partial charge in [0.2, 0.25) is 0 Å². The summed E-state index contributed by atoms with van der Waals surface area (Å²) in [5.41, 5.74) is 0.444. The van der Waals surface area contributed by atoms with Crippen LogP contribution >= 0.6 is 0 Å². The smallest absolute Gasteiger partial charge is 0.271 e. The number of aliphatic hydroxyl groups excluding tert-OH is 1. The van der Waals surface area contributed by atoms with E-state index in [2.05, 4.69) is 10.4 Å². The number of unbranched alkanes of at least 4 members (excludes halogenated alkanes) is 2. The van der Waals surface area contributed by atoms with Gasteiger partial charge >= 0.3 is 0 Å². The van der Waals surface area contributed by atoms with E-state index in [1.54, 1.807) is 24.0 Å². The molecule has 15 heavy (non-hydrogen) atoms. The minimum absolute atomic E-state index is 0.139. The van der Waals surface area contributed by atoms with Crippen LogP contribution in [-0.2, 0) is 7.05 Å². The summed E-state index contributed by atoms with van der Waals surface area (Å²) >= 11 is 0. The lowest BCUT2D eigenvalue weighted by molar-refractivity contribution is 0.0947. The maximum atomic E-state index is 11.5. The van der Waals surface area contributed by atoms with Gasteiger partial charge in [0, 0.05) is 26.4 Å². The summed E-state index contributed by atoms with van der Waals surface area (Å²) in [5, 5.41) is 15.3. The van der Waals surface area contributed by atoms with Gasteiger partial charge in [-0.2, -0.15) is 5.10 Å². The van der Waals surface area contributed by atoms with Crippen LogP contribution in [0.15, 0.2) is 12.3 Å². The molecule has 84 valence electrons. The van der Waals surface area contributed by atoms with Crippen LogP contribution in [0.2, 0.25) is 0 Å². The van der Waals surface area contributed by atoms with Gasteiger partial charge in [-0.05, 0) is 25.3 Å². The zero-order valence-corrected chi connectivity index (χ0v) is 8.94. The number of aryl methyl sites for hydroxylation is 1. The Morgan fingerprint density at radius 1 is 1.53 bits per heavy atom. The van der Waals surface area contributed by atoms with Crippen LogP contribution in [0.25, 0.3) is 0 Å². The van der Waals surface area contributed by atoms with Gasteiger partial charge < -0.3 is 10.4 Å². The molecule has 0 spiro atoms. The molecule has 0 aliphatic carbocycles. The van der Waals surface area contributed by atoms with Crippen LogP contribution in [0.3, 0.4) is 0 Å². The third-order valence-corrected chi connectivity index (χ3v) is 2.07. The van der Waals surface area contributed by atoms with Gasteiger partial charge in [-0.15, -0.1) is 0 Å². The fourth-order valence-corrected chi connectivity index (χ4v) is 1.24. The van der Waals surface area contributed by atoms with Crippen molar-refractivity contribution in [2.75, 3.05) is 13.2 Å². The number of nitrogens with one attached hydrogen (secondary N) is 1. The Morgan fingerprint density at radius 2 is 2.33 bits per heavy atom. The minimum Gasteiger partial charge on any atom is -0.396 e. The summed E-state index contributed by atoms with van der Waals surface area (Å²) < 4.78 is 1.60. The Labute approximate surface area is 89.1 Å². The van der Waals surface area contributed by atoms with E-state index in [1.807, 2.05) is 0 Å². The first-order valence-corrected chi connectivity index (χ1v) is 5.12. The predicted octanol–water partition coefficient (Wildman–Crippen LogP) is 0.312. The number of hydrogen-bond donors (Lipinski definition) is 2. The number of nitrogens with zero attached hydrogens (tertiary/aromatic N) is 2. The summed E-state index contributed by atoms with van der Waals surface area (Å²) in [6, 6.07) is 1.68. The second-order valence-electron chi connectivity index (χ2n) is 3.41. The van der Waals surface area contributed by atoms with E-state index in [0.29, 0.717) is 12.2 Å². The molecule has 0 fully saturated rings. The molecule has 0 saturated carbocycles. The molecule has 0 saturated heterocycles. The standard InChI is InChI=1S/C10H17N3O2/c1-13-7-5-9(12-13)10(15)11-6-3-2-4-8-14/h5,7,14H,2-4,6,8H2,1H3,(H,11,15). The van der Waals surface area contributed by atoms with Crippen LogP contribution in [-0.4, -0.2) is 33.9 Å². The van der Waals surface area contributed by atoms with E-state index in [1.165, 1.54) is 0 Å². The molecule has 1 rings (SSSR count). The first kappa shape index (κ1) is 11.7. The summed E-state index contributed by atoms with van der Waals surface area (Å²) in [6.45, 7) is 0.851. The van der Waals surface area contributed by atoms with Crippen molar-refractivity contribution in [3.05, 3.63) is 18.0 Å². The van der Waals surface area contributed by atoms with Gasteiger partial charge in [0.25, 0.3) is 5.91 Å². The van der Waals surface area contributed by atoms with Gasteiger partial charge in [0.15, 0.2) is 0 Å². The Morgan fingerprint density at radius 3 is 2.93 bits per heavy atom. The average Bonchev–Trinajstić information content (AvgIpc) is 2.64. The molecule has 1 amide bonds. The number of carbonyl (C=O) groups excluding carboxylic acids is 1. The molecule has 5 heteroatoms. The maximum Gasteiger partial charge on any atom is 0.271 e. The zero-order chi connectivity index (χ0) is 11.1. The SMILES string of the molecule is Cn1ccc(C(=O)NCCCCCO)n1. The largest absolute Gasteiger partial charge is 0.396 e. The molecule has 0 atom stereocenters. The quantitative estimate of drug-likeness (QED) is 0.666. The van der Waals surface area contributed by atoms with Gasteiger partial charge in [-0.3, -0.25) is 9.48 Å². The third-order valence-electron chi connectivity index (χ3n) is 2.07. The molecular weight excluding hydrogens is 194 g/mol. The van der Waals surface area contributed by atoms with E-state index in [0.717, 1.165) is 19.3 Å². The average molecular weight is 211 g/mol. The first-order valence-electron chi connectivity index (χ1n) is 5.12. The van der Waals surface area contributed by atoms with Gasteiger partial charge in [0.05, 0.1) is 0 Å². The highest BCUT2D eigenvalue weighted by Gasteiger charge is 2.06. The van der Waals surface area contributed by atoms with Crippen LogP contribution in [0.5, 0.6) is 0 Å². The Kier molecular flexibility index (Phi) is 4.83. The normalized spacial score (nSPS) is 10.3. The van der Waals surface area contributed by atoms with Crippen molar-refractivity contribution >= 4 is 5.91 Å². The van der Waals surface area contributed by atoms with Crippen LogP contribution < -0.4 is 5.32 Å². The van der Waals surface area contributed by atoms with Crippen LogP contribution in [0.4, 0.5) is 0 Å². The molecule has 0 aliphatic rings. The Bertz CT molecular complexity index is 309. The number of amides is 1. The molecule has 0 aromatic carbocycles. The fraction of sp³-hybridized carbons (Fsp3) is 0.600. The lowest BCUT2D eigenvalue weighted by Crippen LogP contribution is -2.25. The Balaban J connectivity index is 2.19. The molecular formula is C10H17N3O2. The van der Waals surface area contributed by atoms with Crippen molar-refractivity contribution in [3.8, 4) is 0 Å². The highest BCUT2D eigenvalue weighted by Crippen LogP contribution is 1.95. The fourth-order valence-electron chi connectivity index (χ4n) is 1.24. The maximum absolute atomic E-state index is 11.5. The molecule has 5 nitrogen and oxygen atoms in total. The second-order valence-corrected chi connectivity index (χ2v) is 3.41. The summed E-state index contributed by atoms with van der Waals surface area (Å²) in [7, 11) is 1.78. The van der Waals surface area contributed by atoms with E-state index in [9.17, 15) is 4.79 Å². The van der Waals surface area contributed by atoms with E-state index >= 15 is 0 Å². The number of rotatable bonds is 6. The third kappa shape index (κ3) is 4.12. The monoisotopic (exact) mass is 211 g/mol. The number of carbonyl (C=O) groups is 1. The van der Waals surface area contributed by atoms with Crippen molar-refractivity contribution in [3.63, 3.8) is 0 Å². The highest BCUT2D eigenvalue weighted by molar-refractivity contribution is 5.92. The molecule has 1 aromatic heterocycles. The van der Waals surface area contributed by atoms with Crippen LogP contribution in [0, 0.1) is 0 Å². The number of aliphatic hydroxyl groups is 1. The molecule has 0 unspecified atom stereocenters. The van der Waals surface area contributed by atoms with Gasteiger partial charge in [-0.1, -0.05) is 0 Å². The van der Waals surface area contributed by atoms with Crippen LogP contribution in [0.1, 0.15) is 29.8 Å². The highest BCUT2D eigenvalue weighted by atomic mass is 16.2. The predicted molar refractivity (Wildman–Crippen MR) is 56.5 cm³/mol. The number of aromatic nitrogens is 2. The molecule has 0 radical (unpaired) electrons. The first-order chi connectivity index (χ1) is 7.24. The molecule has 0 bridgehead atoms. The molecule has 0 aliphatic heterocycles. The lowest BCUT2D eigenvalue weighted by atomic mass is 10.2. The molecule has 2 N–H and O–H groups in total. The summed E-state index contributed by atoms with van der Waals surface area (Å²) in [5.74, 6) is -0.139. The van der Waals surface area contributed by atoms with Gasteiger partial charge in [0.1, 0.15) is 5.69 Å². The summed E-state index contributed by atoms with van der Waals surface area (Å²) in [4.78, 5) is 11.5. The van der Waals surface area contributed by atoms with Crippen molar-refractivity contribution in [1.29, 1.82) is 0 Å². The molecule has 1 heterocycles. The molecule has 1 aromatic rings. The lowest BCUT2D eigenvalue weighted by Gasteiger charge is -2.01. The van der Waals surface area contributed by atoms with Crippen molar-refractivity contribution in [2.24, 2.45) is 7.05 Å². The minimum atomic E-state index is -0.139. The van der Waals surface area contributed by atoms with Crippen molar-refractivity contribution in [1.82, 2.24) is 15.1 Å². The zero-order valence-electron chi connectivity index (χ0n) is 8.94. The van der Waals surface area contributed by atoms with Gasteiger partial charge in [-0.25, -0.2) is 0 Å². The second kappa shape index (κ2) is 6.19. The van der Waals surface area contributed by atoms with Crippen molar-refractivity contribution in [2.45, 2.75) is 19.3 Å². The van der Waals surface area contributed by atoms with E-state index < -0.39 is 0 Å². The van der Waals surface area contributed by atoms with E-state index in [-0.39, 0.29) is 12.5 Å². The summed E-state index contributed by atoms with van der Waals surface area (Å²) in [6.07, 6.45) is 4.35. The van der Waals surface area contributed by atoms with E-state index in [4.69, 9.17) is 5.11 Å².